The fourth-order valence-corrected chi connectivity index (χ4v) is 1.85. The summed E-state index contributed by atoms with van der Waals surface area (Å²) in [5.41, 5.74) is 1.26. The molecule has 2 N–H and O–H groups in total. The van der Waals surface area contributed by atoms with Gasteiger partial charge in [-0.25, -0.2) is 0 Å². The standard InChI is InChI=1S/C16H27NO/c1-6-14(13-9-7-8-10-15(13)18)17-11-16(4,5)12(2)3/h7-10,12,14,17-18H,6,11H2,1-5H3. The normalized spacial score (nSPS) is 13.9. The average molecular weight is 249 g/mol. The van der Waals surface area contributed by atoms with Crippen molar-refractivity contribution in [1.29, 1.82) is 0 Å². The summed E-state index contributed by atoms with van der Waals surface area (Å²) < 4.78 is 0. The van der Waals surface area contributed by atoms with Crippen molar-refractivity contribution in [3.8, 4) is 5.75 Å². The minimum atomic E-state index is 0.226. The molecule has 102 valence electrons. The Bertz CT molecular complexity index is 371. The molecular formula is C16H27NO. The third-order valence-corrected chi connectivity index (χ3v) is 4.09. The monoisotopic (exact) mass is 249 g/mol. The van der Waals surface area contributed by atoms with E-state index in [0.717, 1.165) is 18.5 Å². The Morgan fingerprint density at radius 3 is 2.33 bits per heavy atom. The molecule has 1 unspecified atom stereocenters. The molecule has 2 nitrogen and oxygen atoms in total. The van der Waals surface area contributed by atoms with Crippen molar-refractivity contribution in [2.24, 2.45) is 11.3 Å². The molecule has 0 aliphatic rings. The van der Waals surface area contributed by atoms with Crippen LogP contribution >= 0.6 is 0 Å². The fraction of sp³-hybridized carbons (Fsp3) is 0.625. The molecule has 0 fully saturated rings. The van der Waals surface area contributed by atoms with Crippen molar-refractivity contribution < 1.29 is 5.11 Å². The first-order valence-electron chi connectivity index (χ1n) is 6.89. The van der Waals surface area contributed by atoms with E-state index >= 15 is 0 Å². The van der Waals surface area contributed by atoms with Gasteiger partial charge in [-0.2, -0.15) is 0 Å². The Labute approximate surface area is 111 Å². The maximum Gasteiger partial charge on any atom is 0.120 e. The van der Waals surface area contributed by atoms with Crippen LogP contribution in [0.2, 0.25) is 0 Å². The SMILES string of the molecule is CCC(NCC(C)(C)C(C)C)c1ccccc1O. The smallest absolute Gasteiger partial charge is 0.120 e. The highest BCUT2D eigenvalue weighted by Gasteiger charge is 2.24. The van der Waals surface area contributed by atoms with Crippen LogP contribution in [0.4, 0.5) is 0 Å². The second-order valence-corrected chi connectivity index (χ2v) is 6.04. The molecule has 0 amide bonds. The Balaban J connectivity index is 2.72. The van der Waals surface area contributed by atoms with Gasteiger partial charge >= 0.3 is 0 Å². The zero-order valence-electron chi connectivity index (χ0n) is 12.3. The lowest BCUT2D eigenvalue weighted by molar-refractivity contribution is 0.226. The lowest BCUT2D eigenvalue weighted by Gasteiger charge is -2.32. The van der Waals surface area contributed by atoms with Crippen LogP contribution in [0.3, 0.4) is 0 Å². The number of rotatable bonds is 6. The molecule has 0 saturated heterocycles. The van der Waals surface area contributed by atoms with Crippen molar-refractivity contribution in [3.63, 3.8) is 0 Å². The van der Waals surface area contributed by atoms with Crippen molar-refractivity contribution >= 4 is 0 Å². The topological polar surface area (TPSA) is 32.3 Å². The number of aromatic hydroxyl groups is 1. The summed E-state index contributed by atoms with van der Waals surface area (Å²) in [5.74, 6) is 1.02. The summed E-state index contributed by atoms with van der Waals surface area (Å²) in [5, 5.41) is 13.5. The van der Waals surface area contributed by atoms with E-state index in [9.17, 15) is 5.11 Å². The molecule has 0 radical (unpaired) electrons. The summed E-state index contributed by atoms with van der Waals surface area (Å²) in [6.07, 6.45) is 0.978. The van der Waals surface area contributed by atoms with Crippen molar-refractivity contribution in [3.05, 3.63) is 29.8 Å². The van der Waals surface area contributed by atoms with Gasteiger partial charge < -0.3 is 10.4 Å². The molecule has 0 aliphatic carbocycles. The number of nitrogens with one attached hydrogen (secondary N) is 1. The van der Waals surface area contributed by atoms with Gasteiger partial charge in [-0.15, -0.1) is 0 Å². The van der Waals surface area contributed by atoms with Gasteiger partial charge in [0.1, 0.15) is 5.75 Å². The van der Waals surface area contributed by atoms with E-state index < -0.39 is 0 Å². The van der Waals surface area contributed by atoms with Crippen molar-refractivity contribution in [1.82, 2.24) is 5.32 Å². The Hall–Kier alpha value is -1.02. The third kappa shape index (κ3) is 3.74. The molecule has 1 aromatic carbocycles. The quantitative estimate of drug-likeness (QED) is 0.795. The zero-order chi connectivity index (χ0) is 13.8. The third-order valence-electron chi connectivity index (χ3n) is 4.09. The van der Waals surface area contributed by atoms with Gasteiger partial charge in [0.2, 0.25) is 0 Å². The molecule has 0 heterocycles. The first-order chi connectivity index (χ1) is 8.38. The Morgan fingerprint density at radius 1 is 1.22 bits per heavy atom. The maximum atomic E-state index is 9.91. The first kappa shape index (κ1) is 15.0. The zero-order valence-corrected chi connectivity index (χ0v) is 12.3. The summed E-state index contributed by atoms with van der Waals surface area (Å²) in [6, 6.07) is 7.83. The summed E-state index contributed by atoms with van der Waals surface area (Å²) in [7, 11) is 0. The Kier molecular flexibility index (Phi) is 5.21. The van der Waals surface area contributed by atoms with Gasteiger partial charge in [-0.3, -0.25) is 0 Å². The summed E-state index contributed by atoms with van der Waals surface area (Å²) >= 11 is 0. The predicted molar refractivity (Wildman–Crippen MR) is 77.8 cm³/mol. The summed E-state index contributed by atoms with van der Waals surface area (Å²) in [6.45, 7) is 12.2. The number of phenolic OH excluding ortho intramolecular Hbond substituents is 1. The number of para-hydroxylation sites is 1. The molecule has 1 atom stereocenters. The lowest BCUT2D eigenvalue weighted by atomic mass is 9.81. The lowest BCUT2D eigenvalue weighted by Crippen LogP contribution is -2.35. The molecule has 0 aromatic heterocycles. The predicted octanol–water partition coefficient (Wildman–Crippen LogP) is 4.12. The van der Waals surface area contributed by atoms with E-state index in [1.807, 2.05) is 18.2 Å². The second-order valence-electron chi connectivity index (χ2n) is 6.04. The highest BCUT2D eigenvalue weighted by Crippen LogP contribution is 2.29. The first-order valence-corrected chi connectivity index (χ1v) is 6.89. The van der Waals surface area contributed by atoms with E-state index in [1.54, 1.807) is 6.07 Å². The highest BCUT2D eigenvalue weighted by molar-refractivity contribution is 5.34. The van der Waals surface area contributed by atoms with E-state index in [1.165, 1.54) is 0 Å². The number of hydrogen-bond donors (Lipinski definition) is 2. The Morgan fingerprint density at radius 2 is 1.83 bits per heavy atom. The minimum absolute atomic E-state index is 0.226. The van der Waals surface area contributed by atoms with E-state index in [-0.39, 0.29) is 11.5 Å². The molecule has 0 saturated carbocycles. The molecule has 18 heavy (non-hydrogen) atoms. The number of phenols is 1. The maximum absolute atomic E-state index is 9.91. The second kappa shape index (κ2) is 6.24. The summed E-state index contributed by atoms with van der Waals surface area (Å²) in [4.78, 5) is 0. The largest absolute Gasteiger partial charge is 0.508 e. The van der Waals surface area contributed by atoms with Gasteiger partial charge in [0.05, 0.1) is 0 Å². The van der Waals surface area contributed by atoms with Crippen LogP contribution in [0.1, 0.15) is 52.6 Å². The van der Waals surface area contributed by atoms with Crippen LogP contribution in [0.5, 0.6) is 5.75 Å². The molecule has 1 aromatic rings. The van der Waals surface area contributed by atoms with E-state index in [4.69, 9.17) is 0 Å². The van der Waals surface area contributed by atoms with Gasteiger partial charge in [0.15, 0.2) is 0 Å². The van der Waals surface area contributed by atoms with Crippen LogP contribution in [-0.4, -0.2) is 11.7 Å². The minimum Gasteiger partial charge on any atom is -0.508 e. The van der Waals surface area contributed by atoms with Crippen LogP contribution in [-0.2, 0) is 0 Å². The number of benzene rings is 1. The van der Waals surface area contributed by atoms with Gasteiger partial charge in [0.25, 0.3) is 0 Å². The van der Waals surface area contributed by atoms with Crippen LogP contribution in [0, 0.1) is 11.3 Å². The highest BCUT2D eigenvalue weighted by atomic mass is 16.3. The molecule has 0 aliphatic heterocycles. The van der Waals surface area contributed by atoms with Crippen LogP contribution in [0.25, 0.3) is 0 Å². The van der Waals surface area contributed by atoms with Crippen LogP contribution < -0.4 is 5.32 Å². The van der Waals surface area contributed by atoms with E-state index in [0.29, 0.717) is 11.7 Å². The molecule has 0 bridgehead atoms. The molecular weight excluding hydrogens is 222 g/mol. The van der Waals surface area contributed by atoms with Crippen molar-refractivity contribution in [2.75, 3.05) is 6.54 Å². The molecule has 1 rings (SSSR count). The van der Waals surface area contributed by atoms with Gasteiger partial charge in [-0.05, 0) is 23.8 Å². The average Bonchev–Trinajstić information content (AvgIpc) is 2.31. The van der Waals surface area contributed by atoms with Crippen molar-refractivity contribution in [2.45, 2.75) is 47.1 Å². The van der Waals surface area contributed by atoms with Gasteiger partial charge in [-0.1, -0.05) is 52.8 Å². The fourth-order valence-electron chi connectivity index (χ4n) is 1.85. The molecule has 2 heteroatoms. The number of hydrogen-bond acceptors (Lipinski definition) is 2. The molecule has 0 spiro atoms. The van der Waals surface area contributed by atoms with Crippen LogP contribution in [0.15, 0.2) is 24.3 Å². The van der Waals surface area contributed by atoms with Gasteiger partial charge in [0, 0.05) is 18.2 Å². The van der Waals surface area contributed by atoms with E-state index in [2.05, 4.69) is 39.9 Å².